The summed E-state index contributed by atoms with van der Waals surface area (Å²) in [6, 6.07) is 13.2. The van der Waals surface area contributed by atoms with E-state index < -0.39 is 0 Å². The quantitative estimate of drug-likeness (QED) is 0.447. The predicted molar refractivity (Wildman–Crippen MR) is 79.5 cm³/mol. The Morgan fingerprint density at radius 2 is 1.79 bits per heavy atom. The van der Waals surface area contributed by atoms with E-state index in [1.807, 2.05) is 6.20 Å². The third kappa shape index (κ3) is 1.45. The molecule has 4 rings (SSSR count). The van der Waals surface area contributed by atoms with Crippen LogP contribution < -0.4 is 0 Å². The van der Waals surface area contributed by atoms with Crippen LogP contribution in [0.1, 0.15) is 22.4 Å². The SMILES string of the molecule is Cc1cc2c(cc1C)-c1c(ncc3ccccc13)C2. The molecule has 1 aliphatic carbocycles. The molecule has 0 saturated heterocycles. The lowest BCUT2D eigenvalue weighted by atomic mass is 9.97. The van der Waals surface area contributed by atoms with Crippen LogP contribution in [0.2, 0.25) is 0 Å². The summed E-state index contributed by atoms with van der Waals surface area (Å²) >= 11 is 0. The molecule has 19 heavy (non-hydrogen) atoms. The maximum Gasteiger partial charge on any atom is 0.0532 e. The maximum atomic E-state index is 4.66. The number of aryl methyl sites for hydroxylation is 2. The minimum absolute atomic E-state index is 0.969. The number of rotatable bonds is 0. The van der Waals surface area contributed by atoms with Gasteiger partial charge < -0.3 is 0 Å². The minimum atomic E-state index is 0.969. The van der Waals surface area contributed by atoms with Gasteiger partial charge in [0.05, 0.1) is 5.69 Å². The van der Waals surface area contributed by atoms with Gasteiger partial charge in [-0.05, 0) is 41.5 Å². The summed E-state index contributed by atoms with van der Waals surface area (Å²) in [4.78, 5) is 4.66. The Kier molecular flexibility index (Phi) is 2.08. The number of hydrogen-bond donors (Lipinski definition) is 0. The van der Waals surface area contributed by atoms with Crippen molar-refractivity contribution in [2.75, 3.05) is 0 Å². The number of hydrogen-bond acceptors (Lipinski definition) is 1. The molecule has 0 unspecified atom stereocenters. The Morgan fingerprint density at radius 3 is 2.68 bits per heavy atom. The summed E-state index contributed by atoms with van der Waals surface area (Å²) < 4.78 is 0. The molecule has 0 atom stereocenters. The molecule has 92 valence electrons. The van der Waals surface area contributed by atoms with E-state index in [0.29, 0.717) is 0 Å². The minimum Gasteiger partial charge on any atom is -0.260 e. The van der Waals surface area contributed by atoms with E-state index in [0.717, 1.165) is 6.42 Å². The highest BCUT2D eigenvalue weighted by Gasteiger charge is 2.22. The van der Waals surface area contributed by atoms with Crippen LogP contribution in [0.3, 0.4) is 0 Å². The van der Waals surface area contributed by atoms with E-state index in [1.54, 1.807) is 0 Å². The van der Waals surface area contributed by atoms with Crippen molar-refractivity contribution < 1.29 is 0 Å². The normalized spacial score (nSPS) is 12.5. The highest BCUT2D eigenvalue weighted by Crippen LogP contribution is 2.41. The van der Waals surface area contributed by atoms with E-state index in [4.69, 9.17) is 0 Å². The van der Waals surface area contributed by atoms with Gasteiger partial charge >= 0.3 is 0 Å². The Labute approximate surface area is 112 Å². The molecule has 0 saturated carbocycles. The Morgan fingerprint density at radius 1 is 1.00 bits per heavy atom. The molecule has 1 heteroatoms. The summed E-state index contributed by atoms with van der Waals surface area (Å²) in [5.74, 6) is 0. The molecule has 0 amide bonds. The van der Waals surface area contributed by atoms with E-state index in [-0.39, 0.29) is 0 Å². The summed E-state index contributed by atoms with van der Waals surface area (Å²) in [7, 11) is 0. The second kappa shape index (κ2) is 3.67. The van der Waals surface area contributed by atoms with Gasteiger partial charge in [-0.25, -0.2) is 0 Å². The largest absolute Gasteiger partial charge is 0.260 e. The van der Waals surface area contributed by atoms with Crippen LogP contribution >= 0.6 is 0 Å². The maximum absolute atomic E-state index is 4.66. The molecule has 0 bridgehead atoms. The smallest absolute Gasteiger partial charge is 0.0532 e. The number of benzene rings is 2. The van der Waals surface area contributed by atoms with Gasteiger partial charge in [0, 0.05) is 23.6 Å². The predicted octanol–water partition coefficient (Wildman–Crippen LogP) is 4.42. The van der Waals surface area contributed by atoms with Gasteiger partial charge in [0.15, 0.2) is 0 Å². The third-order valence-electron chi connectivity index (χ3n) is 4.22. The Balaban J connectivity index is 2.12. The molecule has 1 nitrogen and oxygen atoms in total. The van der Waals surface area contributed by atoms with E-state index in [1.165, 1.54) is 44.3 Å². The van der Waals surface area contributed by atoms with Gasteiger partial charge in [-0.3, -0.25) is 4.98 Å². The van der Waals surface area contributed by atoms with E-state index in [9.17, 15) is 0 Å². The van der Waals surface area contributed by atoms with Crippen LogP contribution in [0.5, 0.6) is 0 Å². The highest BCUT2D eigenvalue weighted by molar-refractivity contribution is 6.00. The number of aromatic nitrogens is 1. The second-order valence-corrected chi connectivity index (χ2v) is 5.44. The standard InChI is InChI=1S/C18H15N/c1-11-7-14-9-17-18(16(14)8-12(11)2)15-6-4-3-5-13(15)10-19-17/h3-8,10H,9H2,1-2H3. The lowest BCUT2D eigenvalue weighted by Gasteiger charge is -2.08. The molecule has 0 radical (unpaired) electrons. The monoisotopic (exact) mass is 245 g/mol. The zero-order valence-electron chi connectivity index (χ0n) is 11.2. The van der Waals surface area contributed by atoms with E-state index >= 15 is 0 Å². The zero-order valence-corrected chi connectivity index (χ0v) is 11.2. The van der Waals surface area contributed by atoms with Gasteiger partial charge in [-0.15, -0.1) is 0 Å². The van der Waals surface area contributed by atoms with E-state index in [2.05, 4.69) is 55.2 Å². The van der Waals surface area contributed by atoms with Crippen molar-refractivity contribution >= 4 is 10.8 Å². The molecular weight excluding hydrogens is 230 g/mol. The van der Waals surface area contributed by atoms with Crippen LogP contribution in [-0.2, 0) is 6.42 Å². The molecule has 0 N–H and O–H groups in total. The number of nitrogens with zero attached hydrogens (tertiary/aromatic N) is 1. The summed E-state index contributed by atoms with van der Waals surface area (Å²) in [6.45, 7) is 4.37. The van der Waals surface area contributed by atoms with Crippen molar-refractivity contribution in [3.8, 4) is 11.1 Å². The first-order valence-corrected chi connectivity index (χ1v) is 6.71. The molecule has 0 aliphatic heterocycles. The van der Waals surface area contributed by atoms with Crippen LogP contribution in [0.4, 0.5) is 0 Å². The Hall–Kier alpha value is -2.15. The molecule has 2 aromatic carbocycles. The molecule has 1 aliphatic rings. The number of fused-ring (bicyclic) bond motifs is 5. The lowest BCUT2D eigenvalue weighted by molar-refractivity contribution is 1.13. The van der Waals surface area contributed by atoms with Crippen molar-refractivity contribution in [1.82, 2.24) is 4.98 Å². The van der Waals surface area contributed by atoms with Crippen molar-refractivity contribution in [2.45, 2.75) is 20.3 Å². The summed E-state index contributed by atoms with van der Waals surface area (Å²) in [5.41, 5.74) is 8.09. The highest BCUT2D eigenvalue weighted by atomic mass is 14.7. The molecule has 3 aromatic rings. The van der Waals surface area contributed by atoms with Gasteiger partial charge in [-0.2, -0.15) is 0 Å². The first-order chi connectivity index (χ1) is 9.24. The molecule has 1 heterocycles. The van der Waals surface area contributed by atoms with Crippen molar-refractivity contribution in [1.29, 1.82) is 0 Å². The third-order valence-corrected chi connectivity index (χ3v) is 4.22. The first-order valence-electron chi connectivity index (χ1n) is 6.71. The van der Waals surface area contributed by atoms with Crippen LogP contribution in [-0.4, -0.2) is 4.98 Å². The van der Waals surface area contributed by atoms with Crippen LogP contribution in [0, 0.1) is 13.8 Å². The lowest BCUT2D eigenvalue weighted by Crippen LogP contribution is -1.87. The number of pyridine rings is 1. The molecule has 1 aromatic heterocycles. The topological polar surface area (TPSA) is 12.9 Å². The summed E-state index contributed by atoms with van der Waals surface area (Å²) in [6.07, 6.45) is 2.97. The fourth-order valence-electron chi connectivity index (χ4n) is 3.07. The second-order valence-electron chi connectivity index (χ2n) is 5.44. The van der Waals surface area contributed by atoms with Gasteiger partial charge in [0.1, 0.15) is 0 Å². The average Bonchev–Trinajstić information content (AvgIpc) is 2.77. The molecule has 0 spiro atoms. The van der Waals surface area contributed by atoms with Crippen molar-refractivity contribution in [2.24, 2.45) is 0 Å². The van der Waals surface area contributed by atoms with Crippen molar-refractivity contribution in [3.63, 3.8) is 0 Å². The van der Waals surface area contributed by atoms with Gasteiger partial charge in [0.2, 0.25) is 0 Å². The Bertz CT molecular complexity index is 815. The fourth-order valence-corrected chi connectivity index (χ4v) is 3.07. The molecule has 0 fully saturated rings. The zero-order chi connectivity index (χ0) is 13.0. The fraction of sp³-hybridized carbons (Fsp3) is 0.167. The van der Waals surface area contributed by atoms with Crippen LogP contribution in [0.25, 0.3) is 21.9 Å². The van der Waals surface area contributed by atoms with Crippen LogP contribution in [0.15, 0.2) is 42.6 Å². The summed E-state index contributed by atoms with van der Waals surface area (Å²) in [5, 5.41) is 2.56. The van der Waals surface area contributed by atoms with Crippen molar-refractivity contribution in [3.05, 3.63) is 65.0 Å². The van der Waals surface area contributed by atoms with Gasteiger partial charge in [0.25, 0.3) is 0 Å². The average molecular weight is 245 g/mol. The van der Waals surface area contributed by atoms with Gasteiger partial charge in [-0.1, -0.05) is 36.4 Å². The first kappa shape index (κ1) is 10.7. The molecular formula is C18H15N.